The van der Waals surface area contributed by atoms with Crippen molar-refractivity contribution in [3.63, 3.8) is 0 Å². The van der Waals surface area contributed by atoms with Gasteiger partial charge in [0.25, 0.3) is 5.95 Å². The van der Waals surface area contributed by atoms with Crippen LogP contribution in [-0.2, 0) is 11.2 Å². The zero-order chi connectivity index (χ0) is 15.1. The predicted molar refractivity (Wildman–Crippen MR) is 74.9 cm³/mol. The number of rotatable bonds is 5. The minimum absolute atomic E-state index is 0.0408. The van der Waals surface area contributed by atoms with Gasteiger partial charge in [0.1, 0.15) is 0 Å². The maximum absolute atomic E-state index is 11.7. The van der Waals surface area contributed by atoms with Crippen molar-refractivity contribution in [2.75, 3.05) is 10.6 Å². The lowest BCUT2D eigenvalue weighted by atomic mass is 10.1. The van der Waals surface area contributed by atoms with Crippen molar-refractivity contribution >= 4 is 23.6 Å². The summed E-state index contributed by atoms with van der Waals surface area (Å²) in [5.41, 5.74) is 1.38. The number of aryl methyl sites for hydroxylation is 1. The Bertz CT molecular complexity index is 633. The number of aliphatic carboxylic acids is 1. The Hall–Kier alpha value is -3.03. The molecule has 1 aromatic carbocycles. The Kier molecular flexibility index (Phi) is 4.75. The first kappa shape index (κ1) is 14.4. The molecule has 0 saturated carbocycles. The first-order chi connectivity index (χ1) is 10.1. The van der Waals surface area contributed by atoms with E-state index in [-0.39, 0.29) is 12.4 Å². The van der Waals surface area contributed by atoms with Crippen molar-refractivity contribution in [2.45, 2.75) is 12.8 Å². The van der Waals surface area contributed by atoms with Gasteiger partial charge >= 0.3 is 12.0 Å². The highest BCUT2D eigenvalue weighted by Gasteiger charge is 2.05. The smallest absolute Gasteiger partial charge is 0.326 e. The van der Waals surface area contributed by atoms with Crippen LogP contribution in [0.3, 0.4) is 0 Å². The molecule has 3 N–H and O–H groups in total. The number of nitrogens with zero attached hydrogens (tertiary/aromatic N) is 3. The van der Waals surface area contributed by atoms with E-state index in [4.69, 9.17) is 5.11 Å². The van der Waals surface area contributed by atoms with Crippen LogP contribution < -0.4 is 10.6 Å². The second kappa shape index (κ2) is 6.94. The van der Waals surface area contributed by atoms with Crippen LogP contribution in [0.5, 0.6) is 0 Å². The van der Waals surface area contributed by atoms with Gasteiger partial charge in [-0.2, -0.15) is 5.10 Å². The maximum Gasteiger partial charge on any atom is 0.326 e. The number of carbonyl (C=O) groups excluding carboxylic acids is 1. The number of aromatic nitrogens is 3. The predicted octanol–water partition coefficient (Wildman–Crippen LogP) is 1.53. The van der Waals surface area contributed by atoms with Crippen molar-refractivity contribution in [3.05, 3.63) is 42.2 Å². The fourth-order valence-electron chi connectivity index (χ4n) is 1.62. The molecular weight excluding hydrogens is 274 g/mol. The van der Waals surface area contributed by atoms with E-state index < -0.39 is 12.0 Å². The molecule has 2 aromatic rings. The standard InChI is InChI=1S/C13H13N5O3/c19-11(20)5-4-9-2-1-3-10(8-9)16-13(21)17-12-14-6-7-15-18-12/h1-3,6-8H,4-5H2,(H,19,20)(H2,14,16,17,18,21). The van der Waals surface area contributed by atoms with Gasteiger partial charge in [0, 0.05) is 12.1 Å². The summed E-state index contributed by atoms with van der Waals surface area (Å²) in [6, 6.07) is 6.46. The second-order valence-corrected chi connectivity index (χ2v) is 4.14. The zero-order valence-electron chi connectivity index (χ0n) is 11.0. The highest BCUT2D eigenvalue weighted by molar-refractivity contribution is 5.98. The topological polar surface area (TPSA) is 117 Å². The number of hydrogen-bond donors (Lipinski definition) is 3. The Labute approximate surface area is 120 Å². The fourth-order valence-corrected chi connectivity index (χ4v) is 1.62. The van der Waals surface area contributed by atoms with E-state index in [2.05, 4.69) is 25.8 Å². The van der Waals surface area contributed by atoms with E-state index in [1.54, 1.807) is 24.3 Å². The van der Waals surface area contributed by atoms with Crippen molar-refractivity contribution in [3.8, 4) is 0 Å². The molecule has 0 radical (unpaired) electrons. The third-order valence-electron chi connectivity index (χ3n) is 2.52. The van der Waals surface area contributed by atoms with Gasteiger partial charge in [0.05, 0.1) is 12.4 Å². The Balaban J connectivity index is 1.94. The molecule has 0 fully saturated rings. The van der Waals surface area contributed by atoms with Crippen LogP contribution in [-0.4, -0.2) is 32.3 Å². The minimum Gasteiger partial charge on any atom is -0.481 e. The van der Waals surface area contributed by atoms with Crippen LogP contribution in [0.4, 0.5) is 16.4 Å². The molecule has 1 aromatic heterocycles. The number of carboxylic acid groups (broad SMARTS) is 1. The third kappa shape index (κ3) is 4.86. The molecule has 0 bridgehead atoms. The van der Waals surface area contributed by atoms with Gasteiger partial charge in [-0.05, 0) is 24.1 Å². The van der Waals surface area contributed by atoms with E-state index in [0.717, 1.165) is 5.56 Å². The van der Waals surface area contributed by atoms with Gasteiger partial charge in [-0.1, -0.05) is 12.1 Å². The van der Waals surface area contributed by atoms with Crippen molar-refractivity contribution in [1.29, 1.82) is 0 Å². The quantitative estimate of drug-likeness (QED) is 0.767. The number of benzene rings is 1. The minimum atomic E-state index is -0.861. The van der Waals surface area contributed by atoms with Gasteiger partial charge < -0.3 is 10.4 Å². The third-order valence-corrected chi connectivity index (χ3v) is 2.52. The summed E-state index contributed by atoms with van der Waals surface area (Å²) in [5.74, 6) is -0.767. The molecule has 21 heavy (non-hydrogen) atoms. The Morgan fingerprint density at radius 2 is 2.05 bits per heavy atom. The average Bonchev–Trinajstić information content (AvgIpc) is 2.46. The van der Waals surface area contributed by atoms with E-state index in [9.17, 15) is 9.59 Å². The SMILES string of the molecule is O=C(O)CCc1cccc(NC(=O)Nc2nccnn2)c1. The monoisotopic (exact) mass is 287 g/mol. The van der Waals surface area contributed by atoms with Crippen LogP contribution in [0.25, 0.3) is 0 Å². The Morgan fingerprint density at radius 3 is 2.76 bits per heavy atom. The largest absolute Gasteiger partial charge is 0.481 e. The first-order valence-electron chi connectivity index (χ1n) is 6.16. The van der Waals surface area contributed by atoms with Crippen molar-refractivity contribution in [2.24, 2.45) is 0 Å². The molecule has 0 aliphatic rings. The van der Waals surface area contributed by atoms with Crippen LogP contribution in [0.15, 0.2) is 36.7 Å². The van der Waals surface area contributed by atoms with E-state index in [1.165, 1.54) is 12.4 Å². The lowest BCUT2D eigenvalue weighted by Gasteiger charge is -2.07. The van der Waals surface area contributed by atoms with E-state index >= 15 is 0 Å². The molecule has 0 spiro atoms. The van der Waals surface area contributed by atoms with Crippen LogP contribution in [0, 0.1) is 0 Å². The Morgan fingerprint density at radius 1 is 1.19 bits per heavy atom. The zero-order valence-corrected chi connectivity index (χ0v) is 11.0. The molecule has 0 atom stereocenters. The molecular formula is C13H13N5O3. The highest BCUT2D eigenvalue weighted by Crippen LogP contribution is 2.12. The second-order valence-electron chi connectivity index (χ2n) is 4.14. The molecule has 0 unspecified atom stereocenters. The highest BCUT2D eigenvalue weighted by atomic mass is 16.4. The molecule has 108 valence electrons. The number of hydrogen-bond acceptors (Lipinski definition) is 5. The number of carboxylic acids is 1. The van der Waals surface area contributed by atoms with Crippen molar-refractivity contribution in [1.82, 2.24) is 15.2 Å². The number of urea groups is 1. The van der Waals surface area contributed by atoms with Gasteiger partial charge in [-0.25, -0.2) is 9.78 Å². The number of anilines is 2. The summed E-state index contributed by atoms with van der Waals surface area (Å²) >= 11 is 0. The van der Waals surface area contributed by atoms with Gasteiger partial charge in [0.15, 0.2) is 0 Å². The number of nitrogens with one attached hydrogen (secondary N) is 2. The summed E-state index contributed by atoms with van der Waals surface area (Å²) < 4.78 is 0. The molecule has 8 heteroatoms. The lowest BCUT2D eigenvalue weighted by Crippen LogP contribution is -2.21. The summed E-state index contributed by atoms with van der Waals surface area (Å²) in [7, 11) is 0. The van der Waals surface area contributed by atoms with Gasteiger partial charge in [-0.3, -0.25) is 10.1 Å². The van der Waals surface area contributed by atoms with E-state index in [1.807, 2.05) is 0 Å². The molecule has 1 heterocycles. The molecule has 2 rings (SSSR count). The van der Waals surface area contributed by atoms with E-state index in [0.29, 0.717) is 12.1 Å². The average molecular weight is 287 g/mol. The van der Waals surface area contributed by atoms with Gasteiger partial charge in [-0.15, -0.1) is 5.10 Å². The van der Waals surface area contributed by atoms with Crippen LogP contribution >= 0.6 is 0 Å². The number of amides is 2. The first-order valence-corrected chi connectivity index (χ1v) is 6.16. The maximum atomic E-state index is 11.7. The molecule has 0 aliphatic carbocycles. The van der Waals surface area contributed by atoms with Crippen LogP contribution in [0.2, 0.25) is 0 Å². The molecule has 8 nitrogen and oxygen atoms in total. The fraction of sp³-hybridized carbons (Fsp3) is 0.154. The molecule has 0 aliphatic heterocycles. The summed E-state index contributed by atoms with van der Waals surface area (Å²) in [5, 5.41) is 20.9. The van der Waals surface area contributed by atoms with Crippen molar-refractivity contribution < 1.29 is 14.7 Å². The summed E-state index contributed by atoms with van der Waals surface area (Å²) in [4.78, 5) is 26.1. The normalized spacial score (nSPS) is 9.90. The summed E-state index contributed by atoms with van der Waals surface area (Å²) in [6.07, 6.45) is 3.25. The lowest BCUT2D eigenvalue weighted by molar-refractivity contribution is -0.136. The molecule has 0 saturated heterocycles. The number of carbonyl (C=O) groups is 2. The van der Waals surface area contributed by atoms with Gasteiger partial charge in [0.2, 0.25) is 0 Å². The summed E-state index contributed by atoms with van der Waals surface area (Å²) in [6.45, 7) is 0. The molecule has 2 amide bonds. The van der Waals surface area contributed by atoms with Crippen LogP contribution in [0.1, 0.15) is 12.0 Å².